The summed E-state index contributed by atoms with van der Waals surface area (Å²) in [5.41, 5.74) is 1.55. The molecule has 2 aromatic carbocycles. The second kappa shape index (κ2) is 18.7. The lowest BCUT2D eigenvalue weighted by Gasteiger charge is -2.09. The molecule has 0 spiro atoms. The average Bonchev–Trinajstić information content (AvgIpc) is 2.88. The van der Waals surface area contributed by atoms with Crippen molar-refractivity contribution in [2.24, 2.45) is 0 Å². The fourth-order valence-electron chi connectivity index (χ4n) is 4.67. The van der Waals surface area contributed by atoms with Gasteiger partial charge in [-0.2, -0.15) is 0 Å². The quantitative estimate of drug-likeness (QED) is 0.169. The summed E-state index contributed by atoms with van der Waals surface area (Å²) >= 11 is 0. The summed E-state index contributed by atoms with van der Waals surface area (Å²) in [7, 11) is 0. The molecular weight excluding hydrogens is 448 g/mol. The number of phenols is 1. The van der Waals surface area contributed by atoms with Crippen molar-refractivity contribution in [3.8, 4) is 11.5 Å². The standard InChI is InChI=1S/C32H48O4/c1-2-3-4-5-6-7-8-9-10-11-12-13-14-15-16-17-25-36-29-23-21-27(22-24-29)26-28-19-18-20-30(31(28)33)32(34)35/h18-24,33H,2-17,25-26H2,1H3,(H,34,35). The summed E-state index contributed by atoms with van der Waals surface area (Å²) in [5, 5.41) is 19.3. The summed E-state index contributed by atoms with van der Waals surface area (Å²) in [6.07, 6.45) is 22.3. The third-order valence-electron chi connectivity index (χ3n) is 6.93. The normalized spacial score (nSPS) is 11.0. The number of unbranched alkanes of at least 4 members (excludes halogenated alkanes) is 15. The predicted molar refractivity (Wildman–Crippen MR) is 149 cm³/mol. The maximum Gasteiger partial charge on any atom is 0.339 e. The molecule has 0 aromatic heterocycles. The number of aromatic carboxylic acids is 1. The van der Waals surface area contributed by atoms with Crippen LogP contribution in [-0.4, -0.2) is 22.8 Å². The number of carboxylic acids is 1. The zero-order valence-corrected chi connectivity index (χ0v) is 22.5. The molecule has 0 fully saturated rings. The Morgan fingerprint density at radius 1 is 0.694 bits per heavy atom. The van der Waals surface area contributed by atoms with E-state index in [-0.39, 0.29) is 11.3 Å². The Kier molecular flexibility index (Phi) is 15.5. The molecule has 0 unspecified atom stereocenters. The molecule has 0 radical (unpaired) electrons. The monoisotopic (exact) mass is 496 g/mol. The summed E-state index contributed by atoms with van der Waals surface area (Å²) in [5.74, 6) is -0.427. The van der Waals surface area contributed by atoms with Crippen LogP contribution >= 0.6 is 0 Å². The van der Waals surface area contributed by atoms with Gasteiger partial charge in [0.05, 0.1) is 6.61 Å². The highest BCUT2D eigenvalue weighted by Gasteiger charge is 2.13. The van der Waals surface area contributed by atoms with Crippen molar-refractivity contribution in [3.05, 3.63) is 59.2 Å². The smallest absolute Gasteiger partial charge is 0.339 e. The van der Waals surface area contributed by atoms with Gasteiger partial charge in [-0.1, -0.05) is 128 Å². The highest BCUT2D eigenvalue weighted by molar-refractivity contribution is 5.91. The van der Waals surface area contributed by atoms with E-state index in [0.717, 1.165) is 24.3 Å². The Labute approximate surface area is 219 Å². The Bertz CT molecular complexity index is 844. The molecule has 0 aliphatic carbocycles. The van der Waals surface area contributed by atoms with Crippen LogP contribution in [0.25, 0.3) is 0 Å². The van der Waals surface area contributed by atoms with Gasteiger partial charge < -0.3 is 14.9 Å². The van der Waals surface area contributed by atoms with Gasteiger partial charge in [-0.25, -0.2) is 4.79 Å². The molecule has 0 amide bonds. The second-order valence-corrected chi connectivity index (χ2v) is 10.1. The molecular formula is C32H48O4. The van der Waals surface area contributed by atoms with Crippen molar-refractivity contribution >= 4 is 5.97 Å². The SMILES string of the molecule is CCCCCCCCCCCCCCCCCCOc1ccc(Cc2cccc(C(=O)O)c2O)cc1. The number of aromatic hydroxyl groups is 1. The van der Waals surface area contributed by atoms with Gasteiger partial charge in [-0.05, 0) is 35.7 Å². The Hall–Kier alpha value is -2.49. The van der Waals surface area contributed by atoms with Gasteiger partial charge in [0.25, 0.3) is 0 Å². The van der Waals surface area contributed by atoms with E-state index in [0.29, 0.717) is 12.0 Å². The van der Waals surface area contributed by atoms with Gasteiger partial charge in [0, 0.05) is 6.42 Å². The number of ether oxygens (including phenoxy) is 1. The minimum Gasteiger partial charge on any atom is -0.507 e. The molecule has 0 heterocycles. The van der Waals surface area contributed by atoms with Crippen LogP contribution in [0.1, 0.15) is 131 Å². The van der Waals surface area contributed by atoms with E-state index in [9.17, 15) is 9.90 Å². The fourth-order valence-corrected chi connectivity index (χ4v) is 4.67. The Balaban J connectivity index is 1.45. The van der Waals surface area contributed by atoms with Crippen LogP contribution in [-0.2, 0) is 6.42 Å². The number of carboxylic acid groups (broad SMARTS) is 1. The zero-order valence-electron chi connectivity index (χ0n) is 22.5. The first-order valence-electron chi connectivity index (χ1n) is 14.4. The van der Waals surface area contributed by atoms with Crippen LogP contribution in [0.15, 0.2) is 42.5 Å². The Morgan fingerprint density at radius 2 is 1.19 bits per heavy atom. The van der Waals surface area contributed by atoms with Gasteiger partial charge in [0.1, 0.15) is 17.1 Å². The van der Waals surface area contributed by atoms with Crippen LogP contribution in [0.2, 0.25) is 0 Å². The number of hydrogen-bond acceptors (Lipinski definition) is 3. The van der Waals surface area contributed by atoms with Crippen LogP contribution in [0.4, 0.5) is 0 Å². The first-order valence-corrected chi connectivity index (χ1v) is 14.4. The van der Waals surface area contributed by atoms with Crippen LogP contribution in [0, 0.1) is 0 Å². The van der Waals surface area contributed by atoms with Gasteiger partial charge in [0.15, 0.2) is 0 Å². The first kappa shape index (κ1) is 29.7. The highest BCUT2D eigenvalue weighted by atomic mass is 16.5. The molecule has 0 aliphatic heterocycles. The van der Waals surface area contributed by atoms with Gasteiger partial charge in [0.2, 0.25) is 0 Å². The molecule has 0 bridgehead atoms. The maximum absolute atomic E-state index is 11.2. The van der Waals surface area contributed by atoms with E-state index in [2.05, 4.69) is 6.92 Å². The van der Waals surface area contributed by atoms with Gasteiger partial charge >= 0.3 is 5.97 Å². The van der Waals surface area contributed by atoms with Crippen LogP contribution in [0.5, 0.6) is 11.5 Å². The van der Waals surface area contributed by atoms with Crippen molar-refractivity contribution in [3.63, 3.8) is 0 Å². The Morgan fingerprint density at radius 3 is 1.69 bits per heavy atom. The van der Waals surface area contributed by atoms with Gasteiger partial charge in [-0.3, -0.25) is 0 Å². The molecule has 4 nitrogen and oxygen atoms in total. The molecule has 2 aromatic rings. The molecule has 36 heavy (non-hydrogen) atoms. The van der Waals surface area contributed by atoms with Crippen molar-refractivity contribution in [1.82, 2.24) is 0 Å². The van der Waals surface area contributed by atoms with E-state index in [4.69, 9.17) is 9.84 Å². The summed E-state index contributed by atoms with van der Waals surface area (Å²) in [4.78, 5) is 11.2. The number of rotatable bonds is 21. The van der Waals surface area contributed by atoms with E-state index in [1.54, 1.807) is 12.1 Å². The van der Waals surface area contributed by atoms with Gasteiger partial charge in [-0.15, -0.1) is 0 Å². The minimum absolute atomic E-state index is 0.0637. The summed E-state index contributed by atoms with van der Waals surface area (Å²) in [6, 6.07) is 12.7. The summed E-state index contributed by atoms with van der Waals surface area (Å²) < 4.78 is 5.88. The predicted octanol–water partition coefficient (Wildman–Crippen LogP) is 9.32. The van der Waals surface area contributed by atoms with E-state index >= 15 is 0 Å². The number of carbonyl (C=O) groups is 1. The van der Waals surface area contributed by atoms with E-state index < -0.39 is 5.97 Å². The molecule has 0 aliphatic rings. The number of para-hydroxylation sites is 1. The lowest BCUT2D eigenvalue weighted by Crippen LogP contribution is -2.00. The third kappa shape index (κ3) is 12.5. The minimum atomic E-state index is -1.12. The van der Waals surface area contributed by atoms with Crippen LogP contribution in [0.3, 0.4) is 0 Å². The second-order valence-electron chi connectivity index (χ2n) is 10.1. The summed E-state index contributed by atoms with van der Waals surface area (Å²) in [6.45, 7) is 3.01. The van der Waals surface area contributed by atoms with Crippen molar-refractivity contribution in [2.75, 3.05) is 6.61 Å². The lowest BCUT2D eigenvalue weighted by atomic mass is 10.0. The van der Waals surface area contributed by atoms with E-state index in [1.807, 2.05) is 24.3 Å². The zero-order chi connectivity index (χ0) is 25.8. The first-order chi connectivity index (χ1) is 17.6. The number of benzene rings is 2. The molecule has 4 heteroatoms. The maximum atomic E-state index is 11.2. The molecule has 0 atom stereocenters. The molecule has 2 rings (SSSR count). The fraction of sp³-hybridized carbons (Fsp3) is 0.594. The topological polar surface area (TPSA) is 66.8 Å². The molecule has 2 N–H and O–H groups in total. The lowest BCUT2D eigenvalue weighted by molar-refractivity contribution is 0.0693. The molecule has 200 valence electrons. The number of hydrogen-bond donors (Lipinski definition) is 2. The highest BCUT2D eigenvalue weighted by Crippen LogP contribution is 2.26. The van der Waals surface area contributed by atoms with Crippen molar-refractivity contribution < 1.29 is 19.7 Å². The molecule has 0 saturated carbocycles. The van der Waals surface area contributed by atoms with Crippen LogP contribution < -0.4 is 4.74 Å². The average molecular weight is 497 g/mol. The van der Waals surface area contributed by atoms with Crippen molar-refractivity contribution in [2.45, 2.75) is 116 Å². The molecule has 0 saturated heterocycles. The largest absolute Gasteiger partial charge is 0.507 e. The van der Waals surface area contributed by atoms with Crippen molar-refractivity contribution in [1.29, 1.82) is 0 Å². The third-order valence-corrected chi connectivity index (χ3v) is 6.93. The van der Waals surface area contributed by atoms with E-state index in [1.165, 1.54) is 102 Å².